The molecule has 0 saturated carbocycles. The maximum atomic E-state index is 12.9. The fourth-order valence-electron chi connectivity index (χ4n) is 2.92. The van der Waals surface area contributed by atoms with Gasteiger partial charge in [-0.05, 0) is 24.6 Å². The first-order valence-electron chi connectivity index (χ1n) is 9.14. The van der Waals surface area contributed by atoms with Crippen molar-refractivity contribution < 1.29 is 19.1 Å². The third-order valence-electron chi connectivity index (χ3n) is 4.42. The van der Waals surface area contributed by atoms with Crippen LogP contribution in [0.25, 0.3) is 10.2 Å². The lowest BCUT2D eigenvalue weighted by Gasteiger charge is -2.09. The summed E-state index contributed by atoms with van der Waals surface area (Å²) >= 11 is 1.13. The number of hydrogen-bond donors (Lipinski definition) is 2. The third-order valence-corrected chi connectivity index (χ3v) is 5.62. The van der Waals surface area contributed by atoms with Gasteiger partial charge in [-0.15, -0.1) is 11.3 Å². The summed E-state index contributed by atoms with van der Waals surface area (Å²) in [6.07, 6.45) is 1.32. The zero-order chi connectivity index (χ0) is 21.7. The molecular formula is C20H22N4O5S. The van der Waals surface area contributed by atoms with Crippen molar-refractivity contribution in [3.05, 3.63) is 51.4 Å². The molecule has 0 spiro atoms. The van der Waals surface area contributed by atoms with Crippen molar-refractivity contribution in [1.29, 1.82) is 0 Å². The van der Waals surface area contributed by atoms with Crippen molar-refractivity contribution in [3.63, 3.8) is 0 Å². The average Bonchev–Trinajstić information content (AvgIpc) is 3.08. The molecule has 0 aliphatic rings. The normalized spacial score (nSPS) is 10.8. The van der Waals surface area contributed by atoms with Crippen LogP contribution in [0.5, 0.6) is 5.75 Å². The molecule has 30 heavy (non-hydrogen) atoms. The number of carbonyl (C=O) groups excluding carboxylic acids is 2. The molecule has 0 saturated heterocycles. The molecule has 0 fully saturated rings. The number of hydrogen-bond acceptors (Lipinski definition) is 7. The minimum Gasteiger partial charge on any atom is -0.495 e. The molecule has 0 unspecified atom stereocenters. The Morgan fingerprint density at radius 3 is 2.73 bits per heavy atom. The lowest BCUT2D eigenvalue weighted by Crippen LogP contribution is -2.34. The second-order valence-corrected chi connectivity index (χ2v) is 7.41. The molecule has 2 N–H and O–H groups in total. The molecule has 0 radical (unpaired) electrons. The second-order valence-electron chi connectivity index (χ2n) is 6.41. The second kappa shape index (κ2) is 9.51. The summed E-state index contributed by atoms with van der Waals surface area (Å²) in [5.41, 5.74) is 0.681. The van der Waals surface area contributed by atoms with Crippen LogP contribution in [-0.4, -0.2) is 48.7 Å². The topological polar surface area (TPSA) is 112 Å². The summed E-state index contributed by atoms with van der Waals surface area (Å²) in [5.74, 6) is -0.148. The van der Waals surface area contributed by atoms with E-state index >= 15 is 0 Å². The van der Waals surface area contributed by atoms with Gasteiger partial charge in [0.2, 0.25) is 5.91 Å². The van der Waals surface area contributed by atoms with E-state index in [1.165, 1.54) is 25.1 Å². The highest BCUT2D eigenvalue weighted by atomic mass is 32.1. The van der Waals surface area contributed by atoms with Crippen LogP contribution in [-0.2, 0) is 16.1 Å². The summed E-state index contributed by atoms with van der Waals surface area (Å²) in [4.78, 5) is 42.8. The molecule has 2 heterocycles. The summed E-state index contributed by atoms with van der Waals surface area (Å²) in [6, 6.07) is 7.06. The van der Waals surface area contributed by atoms with Gasteiger partial charge in [0.15, 0.2) is 0 Å². The van der Waals surface area contributed by atoms with Gasteiger partial charge in [0.1, 0.15) is 17.1 Å². The number of aromatic nitrogens is 2. The van der Waals surface area contributed by atoms with Crippen LogP contribution in [0.4, 0.5) is 5.69 Å². The van der Waals surface area contributed by atoms with Gasteiger partial charge in [0.05, 0.1) is 36.0 Å². The number of thiophene rings is 1. The van der Waals surface area contributed by atoms with Crippen molar-refractivity contribution >= 4 is 39.1 Å². The molecular weight excluding hydrogens is 408 g/mol. The van der Waals surface area contributed by atoms with E-state index in [0.29, 0.717) is 45.2 Å². The lowest BCUT2D eigenvalue weighted by atomic mass is 10.2. The van der Waals surface area contributed by atoms with Gasteiger partial charge in [-0.1, -0.05) is 12.1 Å². The predicted molar refractivity (Wildman–Crippen MR) is 114 cm³/mol. The first-order chi connectivity index (χ1) is 14.5. The molecule has 2 aromatic heterocycles. The number of ether oxygens (including phenoxy) is 2. The largest absolute Gasteiger partial charge is 0.495 e. The number of fused-ring (bicyclic) bond motifs is 1. The number of anilines is 1. The SMILES string of the molecule is COCCNC(=O)Cn1cnc2sc(C(=O)Nc3ccccc3OC)c(C)c2c1=O. The highest BCUT2D eigenvalue weighted by molar-refractivity contribution is 7.20. The fraction of sp³-hybridized carbons (Fsp3) is 0.300. The number of amides is 2. The van der Waals surface area contributed by atoms with Crippen molar-refractivity contribution in [2.24, 2.45) is 0 Å². The average molecular weight is 430 g/mol. The Kier molecular flexibility index (Phi) is 6.80. The molecule has 3 rings (SSSR count). The van der Waals surface area contributed by atoms with Crippen LogP contribution in [0.2, 0.25) is 0 Å². The maximum Gasteiger partial charge on any atom is 0.266 e. The van der Waals surface area contributed by atoms with Crippen molar-refractivity contribution in [2.75, 3.05) is 32.7 Å². The lowest BCUT2D eigenvalue weighted by molar-refractivity contribution is -0.121. The van der Waals surface area contributed by atoms with E-state index < -0.39 is 0 Å². The van der Waals surface area contributed by atoms with E-state index in [0.717, 1.165) is 11.3 Å². The van der Waals surface area contributed by atoms with Crippen LogP contribution in [0.15, 0.2) is 35.4 Å². The number of aryl methyl sites for hydroxylation is 1. The van der Waals surface area contributed by atoms with Gasteiger partial charge in [-0.2, -0.15) is 0 Å². The molecule has 2 amide bonds. The number of carbonyl (C=O) groups is 2. The number of methoxy groups -OCH3 is 2. The summed E-state index contributed by atoms with van der Waals surface area (Å²) < 4.78 is 11.4. The zero-order valence-corrected chi connectivity index (χ0v) is 17.7. The maximum absolute atomic E-state index is 12.9. The predicted octanol–water partition coefficient (Wildman–Crippen LogP) is 1.79. The van der Waals surface area contributed by atoms with Crippen LogP contribution < -0.4 is 20.9 Å². The minimum atomic E-state index is -0.369. The first-order valence-corrected chi connectivity index (χ1v) is 9.96. The Hall–Kier alpha value is -3.24. The highest BCUT2D eigenvalue weighted by Gasteiger charge is 2.21. The molecule has 0 bridgehead atoms. The number of rotatable bonds is 8. The van der Waals surface area contributed by atoms with Crippen molar-refractivity contribution in [3.8, 4) is 5.75 Å². The van der Waals surface area contributed by atoms with Crippen LogP contribution in [0, 0.1) is 6.92 Å². The summed E-state index contributed by atoms with van der Waals surface area (Å²) in [5, 5.41) is 5.80. The Labute approximate surface area is 176 Å². The molecule has 0 aliphatic carbocycles. The summed E-state index contributed by atoms with van der Waals surface area (Å²) in [6.45, 7) is 2.27. The number of nitrogens with one attached hydrogen (secondary N) is 2. The Bertz CT molecular complexity index is 1140. The van der Waals surface area contributed by atoms with E-state index in [4.69, 9.17) is 9.47 Å². The van der Waals surface area contributed by atoms with Gasteiger partial charge in [0, 0.05) is 13.7 Å². The molecule has 3 aromatic rings. The number of nitrogens with zero attached hydrogens (tertiary/aromatic N) is 2. The fourth-order valence-corrected chi connectivity index (χ4v) is 3.95. The smallest absolute Gasteiger partial charge is 0.266 e. The van der Waals surface area contributed by atoms with Crippen molar-refractivity contribution in [1.82, 2.24) is 14.9 Å². The van der Waals surface area contributed by atoms with E-state index in [2.05, 4.69) is 15.6 Å². The van der Waals surface area contributed by atoms with Crippen molar-refractivity contribution in [2.45, 2.75) is 13.5 Å². The first kappa shape index (κ1) is 21.5. The Balaban J connectivity index is 1.87. The highest BCUT2D eigenvalue weighted by Crippen LogP contribution is 2.29. The monoisotopic (exact) mass is 430 g/mol. The minimum absolute atomic E-state index is 0.163. The van der Waals surface area contributed by atoms with E-state index in [1.807, 2.05) is 0 Å². The molecule has 158 valence electrons. The van der Waals surface area contributed by atoms with Crippen LogP contribution >= 0.6 is 11.3 Å². The van der Waals surface area contributed by atoms with Gasteiger partial charge in [0.25, 0.3) is 11.5 Å². The molecule has 0 aliphatic heterocycles. The Morgan fingerprint density at radius 1 is 1.23 bits per heavy atom. The Morgan fingerprint density at radius 2 is 2.00 bits per heavy atom. The number of para-hydroxylation sites is 2. The number of benzene rings is 1. The summed E-state index contributed by atoms with van der Waals surface area (Å²) in [7, 11) is 3.06. The van der Waals surface area contributed by atoms with Gasteiger partial charge >= 0.3 is 0 Å². The standard InChI is InChI=1S/C20H22N4O5S/c1-12-16-19(22-11-24(20(16)27)10-15(25)21-8-9-28-2)30-17(12)18(26)23-13-6-4-5-7-14(13)29-3/h4-7,11H,8-10H2,1-3H3,(H,21,25)(H,23,26). The van der Waals surface area contributed by atoms with Gasteiger partial charge in [-0.3, -0.25) is 19.0 Å². The third kappa shape index (κ3) is 4.50. The van der Waals surface area contributed by atoms with E-state index in [-0.39, 0.29) is 23.9 Å². The molecule has 1 aromatic carbocycles. The van der Waals surface area contributed by atoms with Gasteiger partial charge < -0.3 is 20.1 Å². The molecule has 0 atom stereocenters. The van der Waals surface area contributed by atoms with Crippen LogP contribution in [0.3, 0.4) is 0 Å². The molecule has 9 nitrogen and oxygen atoms in total. The quantitative estimate of drug-likeness (QED) is 0.527. The molecule has 10 heteroatoms. The van der Waals surface area contributed by atoms with Gasteiger partial charge in [-0.25, -0.2) is 4.98 Å². The zero-order valence-electron chi connectivity index (χ0n) is 16.9. The van der Waals surface area contributed by atoms with E-state index in [9.17, 15) is 14.4 Å². The van der Waals surface area contributed by atoms with E-state index in [1.54, 1.807) is 31.2 Å². The van der Waals surface area contributed by atoms with Crippen LogP contribution in [0.1, 0.15) is 15.2 Å².